The Morgan fingerprint density at radius 1 is 1.05 bits per heavy atom. The second-order valence-electron chi connectivity index (χ2n) is 4.47. The molecule has 0 unspecified atom stereocenters. The minimum absolute atomic E-state index is 0.210. The number of benzene rings is 2. The average Bonchev–Trinajstić information content (AvgIpc) is 2.55. The second kappa shape index (κ2) is 5.93. The summed E-state index contributed by atoms with van der Waals surface area (Å²) < 4.78 is 0. The van der Waals surface area contributed by atoms with E-state index in [0.717, 1.165) is 16.5 Å². The topological polar surface area (TPSA) is 54.9 Å². The lowest BCUT2D eigenvalue weighted by atomic mass is 10.1. The molecule has 1 N–H and O–H groups in total. The zero-order valence-corrected chi connectivity index (χ0v) is 12.2. The number of fused-ring (bicyclic) bond motifs is 1. The molecule has 1 aromatic heterocycles. The smallest absolute Gasteiger partial charge is 0.258 e. The number of thioether (sulfide) groups is 1. The minimum atomic E-state index is -0.210. The van der Waals surface area contributed by atoms with Crippen molar-refractivity contribution in [3.05, 3.63) is 60.4 Å². The monoisotopic (exact) mass is 295 g/mol. The molecule has 1 heterocycles. The molecule has 3 aromatic rings. The fourth-order valence-electron chi connectivity index (χ4n) is 2.01. The van der Waals surface area contributed by atoms with E-state index in [0.29, 0.717) is 10.7 Å². The van der Waals surface area contributed by atoms with Crippen molar-refractivity contribution in [2.45, 2.75) is 5.16 Å². The maximum atomic E-state index is 12.2. The highest BCUT2D eigenvalue weighted by Crippen LogP contribution is 2.19. The van der Waals surface area contributed by atoms with E-state index in [-0.39, 0.29) is 5.91 Å². The Hall–Kier alpha value is -2.40. The van der Waals surface area contributed by atoms with Crippen molar-refractivity contribution >= 4 is 34.1 Å². The van der Waals surface area contributed by atoms with E-state index in [2.05, 4.69) is 15.3 Å². The molecule has 2 aromatic carbocycles. The molecule has 5 heteroatoms. The number of aromatic nitrogens is 2. The molecule has 0 aliphatic rings. The van der Waals surface area contributed by atoms with Gasteiger partial charge in [0, 0.05) is 18.1 Å². The van der Waals surface area contributed by atoms with Crippen LogP contribution in [0.25, 0.3) is 10.8 Å². The van der Waals surface area contributed by atoms with Crippen molar-refractivity contribution in [3.8, 4) is 0 Å². The van der Waals surface area contributed by atoms with Crippen molar-refractivity contribution < 1.29 is 4.79 Å². The van der Waals surface area contributed by atoms with E-state index in [9.17, 15) is 4.79 Å². The molecule has 0 fully saturated rings. The summed E-state index contributed by atoms with van der Waals surface area (Å²) in [5.41, 5.74) is 1.20. The van der Waals surface area contributed by atoms with Crippen LogP contribution >= 0.6 is 11.8 Å². The predicted octanol–water partition coefficient (Wildman–Crippen LogP) is 3.60. The van der Waals surface area contributed by atoms with Crippen LogP contribution in [0.1, 0.15) is 10.4 Å². The lowest BCUT2D eigenvalue weighted by molar-refractivity contribution is 0.102. The van der Waals surface area contributed by atoms with Gasteiger partial charge in [-0.15, -0.1) is 0 Å². The standard InChI is InChI=1S/C16H13N3OS/c1-21-16-17-9-13(10-18-16)15(20)19-14-7-6-11-4-2-3-5-12(11)8-14/h2-10H,1H3,(H,19,20). The van der Waals surface area contributed by atoms with Gasteiger partial charge < -0.3 is 5.32 Å². The summed E-state index contributed by atoms with van der Waals surface area (Å²) in [6.45, 7) is 0. The van der Waals surface area contributed by atoms with Crippen molar-refractivity contribution in [1.29, 1.82) is 0 Å². The van der Waals surface area contributed by atoms with Crippen LogP contribution in [0.5, 0.6) is 0 Å². The van der Waals surface area contributed by atoms with Gasteiger partial charge in [-0.3, -0.25) is 4.79 Å². The Bertz CT molecular complexity index is 787. The van der Waals surface area contributed by atoms with E-state index in [1.54, 1.807) is 0 Å². The summed E-state index contributed by atoms with van der Waals surface area (Å²) in [5, 5.41) is 5.74. The fourth-order valence-corrected chi connectivity index (χ4v) is 2.33. The van der Waals surface area contributed by atoms with Crippen LogP contribution in [0.4, 0.5) is 5.69 Å². The molecule has 0 atom stereocenters. The number of nitrogens with zero attached hydrogens (tertiary/aromatic N) is 2. The lowest BCUT2D eigenvalue weighted by Crippen LogP contribution is -2.12. The molecule has 0 saturated heterocycles. The summed E-state index contributed by atoms with van der Waals surface area (Å²) in [6, 6.07) is 13.8. The van der Waals surface area contributed by atoms with Gasteiger partial charge in [0.1, 0.15) is 0 Å². The molecule has 0 aliphatic carbocycles. The van der Waals surface area contributed by atoms with E-state index in [4.69, 9.17) is 0 Å². The third-order valence-corrected chi connectivity index (χ3v) is 3.66. The van der Waals surface area contributed by atoms with Crippen LogP contribution in [0, 0.1) is 0 Å². The van der Waals surface area contributed by atoms with Crippen LogP contribution < -0.4 is 5.32 Å². The van der Waals surface area contributed by atoms with Crippen LogP contribution in [0.2, 0.25) is 0 Å². The molecular weight excluding hydrogens is 282 g/mol. The first-order chi connectivity index (χ1) is 10.3. The molecule has 4 nitrogen and oxygen atoms in total. The average molecular weight is 295 g/mol. The number of amides is 1. The summed E-state index contributed by atoms with van der Waals surface area (Å²) in [4.78, 5) is 20.4. The van der Waals surface area contributed by atoms with Crippen LogP contribution in [0.3, 0.4) is 0 Å². The SMILES string of the molecule is CSc1ncc(C(=O)Nc2ccc3ccccc3c2)cn1. The summed E-state index contributed by atoms with van der Waals surface area (Å²) >= 11 is 1.44. The molecular formula is C16H13N3OS. The Morgan fingerprint density at radius 3 is 2.48 bits per heavy atom. The predicted molar refractivity (Wildman–Crippen MR) is 85.7 cm³/mol. The molecule has 0 saturated carbocycles. The highest BCUT2D eigenvalue weighted by molar-refractivity contribution is 7.98. The largest absolute Gasteiger partial charge is 0.322 e. The van der Waals surface area contributed by atoms with Gasteiger partial charge in [0.2, 0.25) is 0 Å². The fraction of sp³-hybridized carbons (Fsp3) is 0.0625. The third kappa shape index (κ3) is 3.03. The summed E-state index contributed by atoms with van der Waals surface area (Å²) in [6.07, 6.45) is 4.97. The van der Waals surface area contributed by atoms with Gasteiger partial charge in [-0.05, 0) is 29.2 Å². The van der Waals surface area contributed by atoms with Crippen molar-refractivity contribution in [2.24, 2.45) is 0 Å². The number of carbonyl (C=O) groups is 1. The Labute approximate surface area is 126 Å². The molecule has 21 heavy (non-hydrogen) atoms. The van der Waals surface area contributed by atoms with Gasteiger partial charge in [0.05, 0.1) is 5.56 Å². The number of rotatable bonds is 3. The molecule has 0 spiro atoms. The molecule has 3 rings (SSSR count). The zero-order valence-electron chi connectivity index (χ0n) is 11.4. The minimum Gasteiger partial charge on any atom is -0.322 e. The Morgan fingerprint density at radius 2 is 1.76 bits per heavy atom. The second-order valence-corrected chi connectivity index (χ2v) is 5.25. The third-order valence-electron chi connectivity index (χ3n) is 3.08. The first kappa shape index (κ1) is 13.6. The Balaban J connectivity index is 1.81. The van der Waals surface area contributed by atoms with Gasteiger partial charge in [0.15, 0.2) is 5.16 Å². The number of hydrogen-bond donors (Lipinski definition) is 1. The van der Waals surface area contributed by atoms with Crippen molar-refractivity contribution in [2.75, 3.05) is 11.6 Å². The molecule has 0 bridgehead atoms. The van der Waals surface area contributed by atoms with Gasteiger partial charge in [-0.25, -0.2) is 9.97 Å². The van der Waals surface area contributed by atoms with Gasteiger partial charge in [-0.2, -0.15) is 0 Å². The first-order valence-electron chi connectivity index (χ1n) is 6.42. The van der Waals surface area contributed by atoms with Gasteiger partial charge in [-0.1, -0.05) is 42.1 Å². The highest BCUT2D eigenvalue weighted by Gasteiger charge is 2.07. The van der Waals surface area contributed by atoms with E-state index >= 15 is 0 Å². The number of carbonyl (C=O) groups excluding carboxylic acids is 1. The molecule has 104 valence electrons. The lowest BCUT2D eigenvalue weighted by Gasteiger charge is -2.06. The van der Waals surface area contributed by atoms with Crippen LogP contribution in [-0.4, -0.2) is 22.1 Å². The molecule has 0 aliphatic heterocycles. The summed E-state index contributed by atoms with van der Waals surface area (Å²) in [5.74, 6) is -0.210. The molecule has 0 radical (unpaired) electrons. The first-order valence-corrected chi connectivity index (χ1v) is 7.65. The molecule has 1 amide bonds. The quantitative estimate of drug-likeness (QED) is 0.592. The zero-order chi connectivity index (χ0) is 14.7. The number of nitrogens with one attached hydrogen (secondary N) is 1. The van der Waals surface area contributed by atoms with Crippen LogP contribution in [0.15, 0.2) is 60.0 Å². The maximum Gasteiger partial charge on any atom is 0.258 e. The van der Waals surface area contributed by atoms with E-state index < -0.39 is 0 Å². The number of anilines is 1. The highest BCUT2D eigenvalue weighted by atomic mass is 32.2. The van der Waals surface area contributed by atoms with Crippen molar-refractivity contribution in [3.63, 3.8) is 0 Å². The maximum absolute atomic E-state index is 12.2. The van der Waals surface area contributed by atoms with Gasteiger partial charge >= 0.3 is 0 Å². The van der Waals surface area contributed by atoms with Crippen molar-refractivity contribution in [1.82, 2.24) is 9.97 Å². The van der Waals surface area contributed by atoms with Crippen LogP contribution in [-0.2, 0) is 0 Å². The van der Waals surface area contributed by atoms with Gasteiger partial charge in [0.25, 0.3) is 5.91 Å². The normalized spacial score (nSPS) is 10.5. The Kier molecular flexibility index (Phi) is 3.83. The van der Waals surface area contributed by atoms with E-state index in [1.165, 1.54) is 24.2 Å². The van der Waals surface area contributed by atoms with E-state index in [1.807, 2.05) is 48.7 Å². The summed E-state index contributed by atoms with van der Waals surface area (Å²) in [7, 11) is 0. The number of hydrogen-bond acceptors (Lipinski definition) is 4.